The molecule has 0 aliphatic carbocycles. The number of rotatable bonds is 7. The fraction of sp³-hybridized carbons (Fsp3) is 0.200. The van der Waals surface area contributed by atoms with Crippen molar-refractivity contribution in [3.05, 3.63) is 78.1 Å². The zero-order chi connectivity index (χ0) is 18.4. The van der Waals surface area contributed by atoms with Crippen LogP contribution in [0.2, 0.25) is 0 Å². The lowest BCUT2D eigenvalue weighted by molar-refractivity contribution is 0.0948. The molecule has 0 aliphatic heterocycles. The Kier molecular flexibility index (Phi) is 5.63. The summed E-state index contributed by atoms with van der Waals surface area (Å²) in [5.41, 5.74) is 2.24. The normalized spacial score (nSPS) is 10.5. The van der Waals surface area contributed by atoms with Crippen molar-refractivity contribution in [3.63, 3.8) is 0 Å². The summed E-state index contributed by atoms with van der Waals surface area (Å²) in [7, 11) is 1.64. The molecule has 1 amide bonds. The molecule has 134 valence electrons. The Hall–Kier alpha value is -3.15. The standard InChI is InChI=1S/C20H20FN3O2/c1-26-18-6-2-4-15(12-18)5-3-11-22-20(25)19-13-24(14-23-19)17-9-7-16(21)8-10-17/h2,4,6-10,12-14H,3,5,11H2,1H3,(H,22,25). The molecular formula is C20H20FN3O2. The highest BCUT2D eigenvalue weighted by molar-refractivity contribution is 5.92. The quantitative estimate of drug-likeness (QED) is 0.663. The van der Waals surface area contributed by atoms with Crippen LogP contribution in [0.1, 0.15) is 22.5 Å². The number of benzene rings is 2. The predicted octanol–water partition coefficient (Wildman–Crippen LogP) is 3.38. The second kappa shape index (κ2) is 8.29. The second-order valence-electron chi connectivity index (χ2n) is 5.85. The van der Waals surface area contributed by atoms with Gasteiger partial charge >= 0.3 is 0 Å². The highest BCUT2D eigenvalue weighted by Gasteiger charge is 2.09. The minimum atomic E-state index is -0.303. The molecule has 0 saturated heterocycles. The molecule has 26 heavy (non-hydrogen) atoms. The highest BCUT2D eigenvalue weighted by Crippen LogP contribution is 2.14. The van der Waals surface area contributed by atoms with Crippen molar-refractivity contribution in [1.29, 1.82) is 0 Å². The van der Waals surface area contributed by atoms with E-state index in [1.54, 1.807) is 36.3 Å². The van der Waals surface area contributed by atoms with E-state index in [1.807, 2.05) is 24.3 Å². The largest absolute Gasteiger partial charge is 0.497 e. The van der Waals surface area contributed by atoms with Crippen LogP contribution < -0.4 is 10.1 Å². The third kappa shape index (κ3) is 4.47. The maximum absolute atomic E-state index is 13.0. The average Bonchev–Trinajstić information content (AvgIpc) is 3.16. The van der Waals surface area contributed by atoms with Gasteiger partial charge in [0.2, 0.25) is 0 Å². The van der Waals surface area contributed by atoms with Crippen molar-refractivity contribution in [2.24, 2.45) is 0 Å². The Labute approximate surface area is 151 Å². The molecule has 0 spiro atoms. The number of amides is 1. The highest BCUT2D eigenvalue weighted by atomic mass is 19.1. The number of aromatic nitrogens is 2. The first-order chi connectivity index (χ1) is 12.7. The molecule has 2 aromatic carbocycles. The molecule has 0 atom stereocenters. The number of halogens is 1. The fourth-order valence-corrected chi connectivity index (χ4v) is 2.61. The lowest BCUT2D eigenvalue weighted by atomic mass is 10.1. The van der Waals surface area contributed by atoms with E-state index in [0.717, 1.165) is 24.3 Å². The zero-order valence-corrected chi connectivity index (χ0v) is 14.5. The number of nitrogens with zero attached hydrogens (tertiary/aromatic N) is 2. The minimum absolute atomic E-state index is 0.225. The first-order valence-corrected chi connectivity index (χ1v) is 8.37. The Balaban J connectivity index is 1.50. The molecule has 5 nitrogen and oxygen atoms in total. The molecular weight excluding hydrogens is 333 g/mol. The summed E-state index contributed by atoms with van der Waals surface area (Å²) >= 11 is 0. The van der Waals surface area contributed by atoms with Gasteiger partial charge in [-0.2, -0.15) is 0 Å². The van der Waals surface area contributed by atoms with Crippen molar-refractivity contribution < 1.29 is 13.9 Å². The van der Waals surface area contributed by atoms with E-state index in [0.29, 0.717) is 12.2 Å². The van der Waals surface area contributed by atoms with Crippen LogP contribution in [0.25, 0.3) is 5.69 Å². The van der Waals surface area contributed by atoms with Crippen molar-refractivity contribution in [2.75, 3.05) is 13.7 Å². The monoisotopic (exact) mass is 353 g/mol. The molecule has 0 bridgehead atoms. The Morgan fingerprint density at radius 2 is 2.04 bits per heavy atom. The van der Waals surface area contributed by atoms with Gasteiger partial charge in [0.1, 0.15) is 23.6 Å². The number of methoxy groups -OCH3 is 1. The summed E-state index contributed by atoms with van der Waals surface area (Å²) in [4.78, 5) is 16.3. The summed E-state index contributed by atoms with van der Waals surface area (Å²) in [5, 5.41) is 2.87. The second-order valence-corrected chi connectivity index (χ2v) is 5.85. The lowest BCUT2D eigenvalue weighted by Gasteiger charge is -2.05. The number of nitrogens with one attached hydrogen (secondary N) is 1. The molecule has 0 fully saturated rings. The molecule has 3 rings (SSSR count). The molecule has 0 saturated carbocycles. The van der Waals surface area contributed by atoms with Gasteiger partial charge in [0.05, 0.1) is 7.11 Å². The number of carbonyl (C=O) groups is 1. The number of imidazole rings is 1. The molecule has 1 aromatic heterocycles. The first-order valence-electron chi connectivity index (χ1n) is 8.37. The van der Waals surface area contributed by atoms with Crippen LogP contribution in [0.4, 0.5) is 4.39 Å². The van der Waals surface area contributed by atoms with E-state index in [9.17, 15) is 9.18 Å². The van der Waals surface area contributed by atoms with Crippen molar-refractivity contribution in [1.82, 2.24) is 14.9 Å². The SMILES string of the molecule is COc1cccc(CCCNC(=O)c2cn(-c3ccc(F)cc3)cn2)c1. The number of carbonyl (C=O) groups excluding carboxylic acids is 1. The Bertz CT molecular complexity index is 875. The van der Waals surface area contributed by atoms with Crippen LogP contribution in [-0.2, 0) is 6.42 Å². The summed E-state index contributed by atoms with van der Waals surface area (Å²) in [5.74, 6) is 0.303. The molecule has 3 aromatic rings. The lowest BCUT2D eigenvalue weighted by Crippen LogP contribution is -2.25. The third-order valence-corrected chi connectivity index (χ3v) is 4.00. The molecule has 0 aliphatic rings. The van der Waals surface area contributed by atoms with Gasteiger partial charge in [-0.05, 0) is 54.8 Å². The van der Waals surface area contributed by atoms with Crippen molar-refractivity contribution in [3.8, 4) is 11.4 Å². The predicted molar refractivity (Wildman–Crippen MR) is 97.2 cm³/mol. The van der Waals surface area contributed by atoms with E-state index in [1.165, 1.54) is 17.7 Å². The van der Waals surface area contributed by atoms with Gasteiger partial charge < -0.3 is 14.6 Å². The molecule has 1 N–H and O–H groups in total. The van der Waals surface area contributed by atoms with E-state index < -0.39 is 0 Å². The summed E-state index contributed by atoms with van der Waals surface area (Å²) in [6.07, 6.45) is 4.84. The summed E-state index contributed by atoms with van der Waals surface area (Å²) in [6, 6.07) is 13.9. The van der Waals surface area contributed by atoms with Gasteiger partial charge in [-0.3, -0.25) is 4.79 Å². The van der Waals surface area contributed by atoms with Crippen LogP contribution in [0.3, 0.4) is 0 Å². The molecule has 0 radical (unpaired) electrons. The van der Waals surface area contributed by atoms with Gasteiger partial charge in [-0.15, -0.1) is 0 Å². The summed E-state index contributed by atoms with van der Waals surface area (Å²) in [6.45, 7) is 0.555. The molecule has 6 heteroatoms. The van der Waals surface area contributed by atoms with E-state index in [-0.39, 0.29) is 11.7 Å². The first kappa shape index (κ1) is 17.7. The van der Waals surface area contributed by atoms with Gasteiger partial charge in [0.15, 0.2) is 0 Å². The topological polar surface area (TPSA) is 56.1 Å². The van der Waals surface area contributed by atoms with Crippen LogP contribution >= 0.6 is 0 Å². The van der Waals surface area contributed by atoms with E-state index in [4.69, 9.17) is 4.74 Å². The van der Waals surface area contributed by atoms with Crippen LogP contribution in [0.15, 0.2) is 61.1 Å². The van der Waals surface area contributed by atoms with Gasteiger partial charge in [-0.1, -0.05) is 12.1 Å². The van der Waals surface area contributed by atoms with Crippen LogP contribution in [0.5, 0.6) is 5.75 Å². The fourth-order valence-electron chi connectivity index (χ4n) is 2.61. The molecule has 0 unspecified atom stereocenters. The third-order valence-electron chi connectivity index (χ3n) is 4.00. The van der Waals surface area contributed by atoms with Crippen LogP contribution in [0, 0.1) is 5.82 Å². The maximum atomic E-state index is 13.0. The van der Waals surface area contributed by atoms with Gasteiger partial charge in [0.25, 0.3) is 5.91 Å². The number of hydrogen-bond acceptors (Lipinski definition) is 3. The smallest absolute Gasteiger partial charge is 0.271 e. The average molecular weight is 353 g/mol. The Morgan fingerprint density at radius 1 is 1.23 bits per heavy atom. The number of aryl methyl sites for hydroxylation is 1. The number of hydrogen-bond donors (Lipinski definition) is 1. The van der Waals surface area contributed by atoms with Gasteiger partial charge in [0, 0.05) is 18.4 Å². The van der Waals surface area contributed by atoms with E-state index >= 15 is 0 Å². The van der Waals surface area contributed by atoms with Gasteiger partial charge in [-0.25, -0.2) is 9.37 Å². The van der Waals surface area contributed by atoms with E-state index in [2.05, 4.69) is 10.3 Å². The van der Waals surface area contributed by atoms with Crippen molar-refractivity contribution >= 4 is 5.91 Å². The number of ether oxygens (including phenoxy) is 1. The zero-order valence-electron chi connectivity index (χ0n) is 14.5. The minimum Gasteiger partial charge on any atom is -0.497 e. The summed E-state index contributed by atoms with van der Waals surface area (Å²) < 4.78 is 19.9. The van der Waals surface area contributed by atoms with Crippen molar-refractivity contribution in [2.45, 2.75) is 12.8 Å². The Morgan fingerprint density at radius 3 is 2.81 bits per heavy atom. The molecule has 1 heterocycles. The van der Waals surface area contributed by atoms with Crippen LogP contribution in [-0.4, -0.2) is 29.1 Å². The maximum Gasteiger partial charge on any atom is 0.271 e.